The molecule has 1 aromatic carbocycles. The van der Waals surface area contributed by atoms with Gasteiger partial charge in [0, 0.05) is 17.1 Å². The Morgan fingerprint density at radius 2 is 2.00 bits per heavy atom. The number of halogens is 1. The van der Waals surface area contributed by atoms with Crippen LogP contribution in [0.15, 0.2) is 51.2 Å². The monoisotopic (exact) mass is 370 g/mol. The van der Waals surface area contributed by atoms with E-state index in [0.717, 1.165) is 29.4 Å². The summed E-state index contributed by atoms with van der Waals surface area (Å²) in [6.07, 6.45) is 3.10. The molecule has 0 atom stereocenters. The molecule has 1 aliphatic carbocycles. The van der Waals surface area contributed by atoms with Crippen molar-refractivity contribution in [3.63, 3.8) is 0 Å². The number of hydrogen-bond acceptors (Lipinski definition) is 4. The average molecular weight is 370 g/mol. The number of rotatable bonds is 4. The standard InChI is InChI=1S/C19H15FN2O3S/c1-10-2-6-12(7-3-10)26-18-15(20)8-13-16(23)14(19(24)25)9-22(11-4-5-11)17(13)21-18/h2-3,6-9,11H,4-5H2,1H3,(H,24,25). The van der Waals surface area contributed by atoms with Gasteiger partial charge in [0.2, 0.25) is 5.43 Å². The van der Waals surface area contributed by atoms with Crippen LogP contribution in [-0.4, -0.2) is 20.6 Å². The molecule has 0 unspecified atom stereocenters. The topological polar surface area (TPSA) is 72.2 Å². The maximum atomic E-state index is 14.6. The Balaban J connectivity index is 1.89. The number of pyridine rings is 2. The van der Waals surface area contributed by atoms with Crippen LogP contribution in [0, 0.1) is 12.7 Å². The lowest BCUT2D eigenvalue weighted by molar-refractivity contribution is 0.0695. The van der Waals surface area contributed by atoms with Gasteiger partial charge in [-0.2, -0.15) is 0 Å². The molecule has 1 fully saturated rings. The largest absolute Gasteiger partial charge is 0.477 e. The first-order chi connectivity index (χ1) is 12.4. The van der Waals surface area contributed by atoms with E-state index >= 15 is 0 Å². The molecule has 0 bridgehead atoms. The second-order valence-corrected chi connectivity index (χ2v) is 7.44. The Hall–Kier alpha value is -2.67. The second kappa shape index (κ2) is 6.25. The van der Waals surface area contributed by atoms with Crippen molar-refractivity contribution < 1.29 is 14.3 Å². The third-order valence-electron chi connectivity index (χ3n) is 4.33. The first-order valence-electron chi connectivity index (χ1n) is 8.17. The Labute approximate surface area is 152 Å². The van der Waals surface area contributed by atoms with E-state index in [1.807, 2.05) is 31.2 Å². The molecule has 0 aliphatic heterocycles. The minimum absolute atomic E-state index is 0.00237. The molecule has 3 aromatic rings. The maximum Gasteiger partial charge on any atom is 0.341 e. The van der Waals surface area contributed by atoms with Gasteiger partial charge in [0.05, 0.1) is 5.39 Å². The molecule has 132 valence electrons. The fraction of sp³-hybridized carbons (Fsp3) is 0.211. The number of benzene rings is 1. The molecule has 2 heterocycles. The summed E-state index contributed by atoms with van der Waals surface area (Å²) in [6, 6.07) is 8.83. The molecular weight excluding hydrogens is 355 g/mol. The van der Waals surface area contributed by atoms with Gasteiger partial charge in [0.15, 0.2) is 5.82 Å². The molecular formula is C19H15FN2O3S. The summed E-state index contributed by atoms with van der Waals surface area (Å²) in [7, 11) is 0. The fourth-order valence-corrected chi connectivity index (χ4v) is 3.59. The summed E-state index contributed by atoms with van der Waals surface area (Å²) in [5, 5.41) is 9.43. The lowest BCUT2D eigenvalue weighted by atomic mass is 10.2. The van der Waals surface area contributed by atoms with Crippen LogP contribution in [0.3, 0.4) is 0 Å². The van der Waals surface area contributed by atoms with Gasteiger partial charge in [-0.1, -0.05) is 29.5 Å². The predicted octanol–water partition coefficient (Wildman–Crippen LogP) is 4.03. The summed E-state index contributed by atoms with van der Waals surface area (Å²) in [6.45, 7) is 1.97. The molecule has 0 spiro atoms. The Morgan fingerprint density at radius 1 is 1.31 bits per heavy atom. The number of aryl methyl sites for hydroxylation is 1. The summed E-state index contributed by atoms with van der Waals surface area (Å²) in [5.74, 6) is -1.95. The van der Waals surface area contributed by atoms with E-state index in [-0.39, 0.29) is 22.0 Å². The van der Waals surface area contributed by atoms with Gasteiger partial charge in [-0.05, 0) is 38.0 Å². The van der Waals surface area contributed by atoms with E-state index < -0.39 is 17.2 Å². The van der Waals surface area contributed by atoms with Gasteiger partial charge >= 0.3 is 5.97 Å². The maximum absolute atomic E-state index is 14.6. The zero-order valence-electron chi connectivity index (χ0n) is 13.9. The van der Waals surface area contributed by atoms with E-state index in [9.17, 15) is 19.1 Å². The summed E-state index contributed by atoms with van der Waals surface area (Å²) >= 11 is 1.18. The average Bonchev–Trinajstić information content (AvgIpc) is 3.43. The third-order valence-corrected chi connectivity index (χ3v) is 5.32. The minimum atomic E-state index is -1.31. The van der Waals surface area contributed by atoms with Gasteiger partial charge in [0.1, 0.15) is 16.2 Å². The molecule has 1 saturated carbocycles. The van der Waals surface area contributed by atoms with Crippen molar-refractivity contribution in [3.05, 3.63) is 63.7 Å². The normalized spacial score (nSPS) is 13.9. The third kappa shape index (κ3) is 2.99. The zero-order chi connectivity index (χ0) is 18.4. The number of nitrogens with zero attached hydrogens (tertiary/aromatic N) is 2. The summed E-state index contributed by atoms with van der Waals surface area (Å²) in [4.78, 5) is 29.0. The van der Waals surface area contributed by atoms with E-state index in [4.69, 9.17) is 0 Å². The zero-order valence-corrected chi connectivity index (χ0v) is 14.7. The smallest absolute Gasteiger partial charge is 0.341 e. The molecule has 0 radical (unpaired) electrons. The van der Waals surface area contributed by atoms with Crippen molar-refractivity contribution in [2.24, 2.45) is 0 Å². The number of aromatic carboxylic acids is 1. The van der Waals surface area contributed by atoms with E-state index in [2.05, 4.69) is 4.98 Å². The van der Waals surface area contributed by atoms with Crippen molar-refractivity contribution in [1.29, 1.82) is 0 Å². The number of carbonyl (C=O) groups is 1. The Kier molecular flexibility index (Phi) is 4.03. The van der Waals surface area contributed by atoms with Crippen LogP contribution in [-0.2, 0) is 0 Å². The van der Waals surface area contributed by atoms with Crippen molar-refractivity contribution in [3.8, 4) is 0 Å². The molecule has 7 heteroatoms. The highest BCUT2D eigenvalue weighted by atomic mass is 32.2. The summed E-state index contributed by atoms with van der Waals surface area (Å²) in [5.41, 5.74) is 0.371. The van der Waals surface area contributed by atoms with Crippen LogP contribution in [0.5, 0.6) is 0 Å². The molecule has 2 aromatic heterocycles. The second-order valence-electron chi connectivity index (χ2n) is 6.38. The molecule has 1 aliphatic rings. The van der Waals surface area contributed by atoms with Crippen LogP contribution >= 0.6 is 11.8 Å². The van der Waals surface area contributed by atoms with Crippen molar-refractivity contribution >= 4 is 28.8 Å². The van der Waals surface area contributed by atoms with E-state index in [0.29, 0.717) is 5.65 Å². The Bertz CT molecular complexity index is 1090. The first kappa shape index (κ1) is 16.8. The molecule has 26 heavy (non-hydrogen) atoms. The summed E-state index contributed by atoms with van der Waals surface area (Å²) < 4.78 is 16.3. The number of carboxylic acid groups (broad SMARTS) is 1. The van der Waals surface area contributed by atoms with Crippen molar-refractivity contribution in [2.75, 3.05) is 0 Å². The highest BCUT2D eigenvalue weighted by Gasteiger charge is 2.28. The van der Waals surface area contributed by atoms with Gasteiger partial charge in [-0.15, -0.1) is 0 Å². The van der Waals surface area contributed by atoms with Crippen molar-refractivity contribution in [2.45, 2.75) is 35.7 Å². The van der Waals surface area contributed by atoms with Crippen LogP contribution in [0.25, 0.3) is 11.0 Å². The SMILES string of the molecule is Cc1ccc(Sc2nc3c(cc2F)c(=O)c(C(=O)O)cn3C2CC2)cc1. The number of fused-ring (bicyclic) bond motifs is 1. The van der Waals surface area contributed by atoms with Crippen LogP contribution < -0.4 is 5.43 Å². The highest BCUT2D eigenvalue weighted by molar-refractivity contribution is 7.99. The number of carboxylic acids is 1. The molecule has 4 rings (SSSR count). The number of hydrogen-bond donors (Lipinski definition) is 1. The first-order valence-corrected chi connectivity index (χ1v) is 8.99. The highest BCUT2D eigenvalue weighted by Crippen LogP contribution is 2.37. The lowest BCUT2D eigenvalue weighted by Gasteiger charge is -2.12. The minimum Gasteiger partial charge on any atom is -0.477 e. The molecule has 0 saturated heterocycles. The quantitative estimate of drug-likeness (QED) is 0.751. The Morgan fingerprint density at radius 3 is 2.62 bits per heavy atom. The molecule has 0 amide bonds. The predicted molar refractivity (Wildman–Crippen MR) is 96.5 cm³/mol. The van der Waals surface area contributed by atoms with Gasteiger partial charge in [0.25, 0.3) is 0 Å². The van der Waals surface area contributed by atoms with Crippen LogP contribution in [0.2, 0.25) is 0 Å². The van der Waals surface area contributed by atoms with Gasteiger partial charge in [-0.25, -0.2) is 14.2 Å². The van der Waals surface area contributed by atoms with Gasteiger partial charge in [-0.3, -0.25) is 4.79 Å². The van der Waals surface area contributed by atoms with Crippen LogP contribution in [0.4, 0.5) is 4.39 Å². The lowest BCUT2D eigenvalue weighted by Crippen LogP contribution is -2.19. The van der Waals surface area contributed by atoms with E-state index in [1.165, 1.54) is 18.0 Å². The molecule has 1 N–H and O–H groups in total. The van der Waals surface area contributed by atoms with Crippen LogP contribution in [0.1, 0.15) is 34.8 Å². The number of aromatic nitrogens is 2. The van der Waals surface area contributed by atoms with Crippen molar-refractivity contribution in [1.82, 2.24) is 9.55 Å². The van der Waals surface area contributed by atoms with E-state index in [1.54, 1.807) is 4.57 Å². The fourth-order valence-electron chi connectivity index (χ4n) is 2.80. The van der Waals surface area contributed by atoms with Gasteiger partial charge < -0.3 is 9.67 Å². The molecule has 5 nitrogen and oxygen atoms in total.